The number of carbonyl (C=O) groups is 1. The summed E-state index contributed by atoms with van der Waals surface area (Å²) in [5.41, 5.74) is 0.467. The lowest BCUT2D eigenvalue weighted by atomic mass is 9.94. The second kappa shape index (κ2) is 8.73. The molecule has 0 fully saturated rings. The van der Waals surface area contributed by atoms with E-state index in [1.165, 1.54) is 0 Å². The Morgan fingerprint density at radius 1 is 1.25 bits per heavy atom. The van der Waals surface area contributed by atoms with Crippen molar-refractivity contribution in [1.29, 1.82) is 0 Å². The number of benzene rings is 1. The molecule has 0 aliphatic carbocycles. The second-order valence-electron chi connectivity index (χ2n) is 5.01. The van der Waals surface area contributed by atoms with E-state index in [-0.39, 0.29) is 18.3 Å². The SMILES string of the molecule is CNCCCC(=O)NC(C)(C)c1ccc(Cl)c(Cl)c1.Cl. The summed E-state index contributed by atoms with van der Waals surface area (Å²) in [5, 5.41) is 7.04. The summed E-state index contributed by atoms with van der Waals surface area (Å²) in [7, 11) is 1.87. The lowest BCUT2D eigenvalue weighted by molar-refractivity contribution is -0.122. The molecule has 20 heavy (non-hydrogen) atoms. The van der Waals surface area contributed by atoms with Crippen molar-refractivity contribution in [3.8, 4) is 0 Å². The number of halogens is 3. The van der Waals surface area contributed by atoms with Crippen molar-refractivity contribution in [1.82, 2.24) is 10.6 Å². The Balaban J connectivity index is 0.00000361. The van der Waals surface area contributed by atoms with E-state index in [1.54, 1.807) is 12.1 Å². The molecule has 0 radical (unpaired) electrons. The molecular weight excluding hydrogens is 319 g/mol. The number of hydrogen-bond acceptors (Lipinski definition) is 2. The Bertz CT molecular complexity index is 450. The van der Waals surface area contributed by atoms with Crippen molar-refractivity contribution in [2.24, 2.45) is 0 Å². The highest BCUT2D eigenvalue weighted by molar-refractivity contribution is 6.42. The molecule has 1 aromatic carbocycles. The minimum atomic E-state index is -0.467. The van der Waals surface area contributed by atoms with Crippen LogP contribution < -0.4 is 10.6 Å². The van der Waals surface area contributed by atoms with Gasteiger partial charge in [0, 0.05) is 6.42 Å². The number of hydrogen-bond donors (Lipinski definition) is 2. The van der Waals surface area contributed by atoms with Crippen LogP contribution in [0, 0.1) is 0 Å². The van der Waals surface area contributed by atoms with Crippen LogP contribution in [0.4, 0.5) is 0 Å². The lowest BCUT2D eigenvalue weighted by Gasteiger charge is -2.27. The van der Waals surface area contributed by atoms with Gasteiger partial charge in [-0.05, 0) is 51.6 Å². The smallest absolute Gasteiger partial charge is 0.220 e. The van der Waals surface area contributed by atoms with Crippen molar-refractivity contribution >= 4 is 41.5 Å². The summed E-state index contributed by atoms with van der Waals surface area (Å²) in [4.78, 5) is 11.9. The standard InChI is InChI=1S/C14H20Cl2N2O.ClH/c1-14(2,18-13(19)5-4-8-17-3)10-6-7-11(15)12(16)9-10;/h6-7,9,17H,4-5,8H2,1-3H3,(H,18,19);1H. The topological polar surface area (TPSA) is 41.1 Å². The van der Waals surface area contributed by atoms with Crippen LogP contribution in [-0.2, 0) is 10.3 Å². The number of amides is 1. The molecule has 0 aliphatic rings. The van der Waals surface area contributed by atoms with Crippen LogP contribution in [0.3, 0.4) is 0 Å². The van der Waals surface area contributed by atoms with Gasteiger partial charge in [-0.15, -0.1) is 12.4 Å². The van der Waals surface area contributed by atoms with Crippen LogP contribution in [0.2, 0.25) is 10.0 Å². The second-order valence-corrected chi connectivity index (χ2v) is 5.82. The molecule has 6 heteroatoms. The summed E-state index contributed by atoms with van der Waals surface area (Å²) in [6.07, 6.45) is 1.32. The van der Waals surface area contributed by atoms with Gasteiger partial charge in [0.15, 0.2) is 0 Å². The quantitative estimate of drug-likeness (QED) is 0.775. The van der Waals surface area contributed by atoms with Crippen LogP contribution >= 0.6 is 35.6 Å². The largest absolute Gasteiger partial charge is 0.347 e. The van der Waals surface area contributed by atoms with Crippen molar-refractivity contribution in [2.75, 3.05) is 13.6 Å². The van der Waals surface area contributed by atoms with E-state index in [9.17, 15) is 4.79 Å². The zero-order valence-electron chi connectivity index (χ0n) is 11.9. The Hall–Kier alpha value is -0.480. The first-order valence-electron chi connectivity index (χ1n) is 6.28. The molecular formula is C14H21Cl3N2O. The van der Waals surface area contributed by atoms with E-state index in [4.69, 9.17) is 23.2 Å². The summed E-state index contributed by atoms with van der Waals surface area (Å²) >= 11 is 11.9. The first kappa shape index (κ1) is 19.5. The molecule has 0 saturated heterocycles. The summed E-state index contributed by atoms with van der Waals surface area (Å²) in [6, 6.07) is 5.41. The lowest BCUT2D eigenvalue weighted by Crippen LogP contribution is -2.41. The van der Waals surface area contributed by atoms with E-state index < -0.39 is 5.54 Å². The third-order valence-electron chi connectivity index (χ3n) is 2.92. The average Bonchev–Trinajstić information content (AvgIpc) is 2.32. The molecule has 1 amide bonds. The third-order valence-corrected chi connectivity index (χ3v) is 3.66. The maximum Gasteiger partial charge on any atom is 0.220 e. The van der Waals surface area contributed by atoms with E-state index in [2.05, 4.69) is 10.6 Å². The van der Waals surface area contributed by atoms with Gasteiger partial charge < -0.3 is 10.6 Å². The van der Waals surface area contributed by atoms with E-state index in [0.717, 1.165) is 18.5 Å². The van der Waals surface area contributed by atoms with Gasteiger partial charge in [-0.2, -0.15) is 0 Å². The van der Waals surface area contributed by atoms with Gasteiger partial charge in [-0.25, -0.2) is 0 Å². The highest BCUT2D eigenvalue weighted by Gasteiger charge is 2.23. The van der Waals surface area contributed by atoms with Gasteiger partial charge in [0.2, 0.25) is 5.91 Å². The minimum Gasteiger partial charge on any atom is -0.347 e. The van der Waals surface area contributed by atoms with Crippen molar-refractivity contribution in [3.05, 3.63) is 33.8 Å². The average molecular weight is 340 g/mol. The molecule has 0 aliphatic heterocycles. The fourth-order valence-corrected chi connectivity index (χ4v) is 2.09. The predicted octanol–water partition coefficient (Wildman–Crippen LogP) is 3.77. The highest BCUT2D eigenvalue weighted by Crippen LogP contribution is 2.28. The molecule has 0 aromatic heterocycles. The molecule has 114 valence electrons. The van der Waals surface area contributed by atoms with Crippen LogP contribution in [0.15, 0.2) is 18.2 Å². The van der Waals surface area contributed by atoms with Gasteiger partial charge in [0.25, 0.3) is 0 Å². The van der Waals surface area contributed by atoms with Crippen molar-refractivity contribution < 1.29 is 4.79 Å². The van der Waals surface area contributed by atoms with E-state index in [1.807, 2.05) is 27.0 Å². The van der Waals surface area contributed by atoms with Crippen molar-refractivity contribution in [2.45, 2.75) is 32.2 Å². The van der Waals surface area contributed by atoms with Crippen LogP contribution in [0.5, 0.6) is 0 Å². The molecule has 0 bridgehead atoms. The molecule has 2 N–H and O–H groups in total. The molecule has 0 unspecified atom stereocenters. The third kappa shape index (κ3) is 5.88. The zero-order valence-corrected chi connectivity index (χ0v) is 14.3. The van der Waals surface area contributed by atoms with Crippen LogP contribution in [0.25, 0.3) is 0 Å². The molecule has 0 heterocycles. The highest BCUT2D eigenvalue weighted by atomic mass is 35.5. The number of carbonyl (C=O) groups excluding carboxylic acids is 1. The van der Waals surface area contributed by atoms with Gasteiger partial charge in [-0.1, -0.05) is 29.3 Å². The minimum absolute atomic E-state index is 0. The van der Waals surface area contributed by atoms with Gasteiger partial charge >= 0.3 is 0 Å². The molecule has 0 saturated carbocycles. The first-order chi connectivity index (χ1) is 8.86. The van der Waals surface area contributed by atoms with Crippen LogP contribution in [-0.4, -0.2) is 19.5 Å². The van der Waals surface area contributed by atoms with Crippen molar-refractivity contribution in [3.63, 3.8) is 0 Å². The van der Waals surface area contributed by atoms with Gasteiger partial charge in [0.1, 0.15) is 0 Å². The maximum absolute atomic E-state index is 11.9. The predicted molar refractivity (Wildman–Crippen MR) is 88.0 cm³/mol. The molecule has 0 spiro atoms. The first-order valence-corrected chi connectivity index (χ1v) is 7.03. The summed E-state index contributed by atoms with van der Waals surface area (Å²) in [6.45, 7) is 4.73. The Morgan fingerprint density at radius 3 is 2.45 bits per heavy atom. The Labute approximate surface area is 136 Å². The van der Waals surface area contributed by atoms with E-state index in [0.29, 0.717) is 16.5 Å². The molecule has 3 nitrogen and oxygen atoms in total. The fraction of sp³-hybridized carbons (Fsp3) is 0.500. The molecule has 1 aromatic rings. The zero-order chi connectivity index (χ0) is 14.5. The molecule has 1 rings (SSSR count). The fourth-order valence-electron chi connectivity index (χ4n) is 1.79. The number of nitrogens with one attached hydrogen (secondary N) is 2. The number of rotatable bonds is 6. The monoisotopic (exact) mass is 338 g/mol. The summed E-state index contributed by atoms with van der Waals surface area (Å²) < 4.78 is 0. The van der Waals surface area contributed by atoms with Crippen LogP contribution in [0.1, 0.15) is 32.3 Å². The Kier molecular flexibility index (Phi) is 8.52. The summed E-state index contributed by atoms with van der Waals surface area (Å²) in [5.74, 6) is 0.0336. The maximum atomic E-state index is 11.9. The van der Waals surface area contributed by atoms with Gasteiger partial charge in [0.05, 0.1) is 15.6 Å². The Morgan fingerprint density at radius 2 is 1.90 bits per heavy atom. The van der Waals surface area contributed by atoms with Gasteiger partial charge in [-0.3, -0.25) is 4.79 Å². The normalized spacial score (nSPS) is 10.8. The van der Waals surface area contributed by atoms with E-state index >= 15 is 0 Å². The molecule has 0 atom stereocenters.